The van der Waals surface area contributed by atoms with Gasteiger partial charge in [0.2, 0.25) is 0 Å². The largest absolute Gasteiger partial charge is 0.388 e. The Morgan fingerprint density at radius 1 is 1.19 bits per heavy atom. The third kappa shape index (κ3) is 2.83. The molecule has 0 amide bonds. The van der Waals surface area contributed by atoms with Crippen molar-refractivity contribution in [3.8, 4) is 0 Å². The Kier molecular flexibility index (Phi) is 3.76. The van der Waals surface area contributed by atoms with Crippen LogP contribution in [0.2, 0.25) is 0 Å². The Balaban J connectivity index is 1.77. The van der Waals surface area contributed by atoms with E-state index in [1.165, 1.54) is 22.4 Å². The standard InChI is InChI=1S/C18H19NO2/c1-13-2-5-15-8-9-19(17(15)10-13)11-14-3-6-16(7-4-14)18(21)12-20/h2-7,10,20H,8-9,11-12H2,1H3. The van der Waals surface area contributed by atoms with Crippen LogP contribution in [0.15, 0.2) is 42.5 Å². The highest BCUT2D eigenvalue weighted by atomic mass is 16.3. The monoisotopic (exact) mass is 281 g/mol. The third-order valence-electron chi connectivity index (χ3n) is 4.03. The molecule has 0 aromatic heterocycles. The fourth-order valence-electron chi connectivity index (χ4n) is 2.83. The number of carbonyl (C=O) groups excluding carboxylic acids is 1. The minimum Gasteiger partial charge on any atom is -0.388 e. The zero-order chi connectivity index (χ0) is 14.8. The van der Waals surface area contributed by atoms with Gasteiger partial charge in [0.1, 0.15) is 6.61 Å². The third-order valence-corrected chi connectivity index (χ3v) is 4.03. The van der Waals surface area contributed by atoms with Gasteiger partial charge in [-0.1, -0.05) is 36.4 Å². The van der Waals surface area contributed by atoms with Crippen LogP contribution in [0.4, 0.5) is 5.69 Å². The van der Waals surface area contributed by atoms with Gasteiger partial charge < -0.3 is 10.0 Å². The second-order valence-electron chi connectivity index (χ2n) is 5.58. The molecule has 2 aromatic rings. The zero-order valence-corrected chi connectivity index (χ0v) is 12.2. The average molecular weight is 281 g/mol. The number of Topliss-reactive ketones (excluding diaryl/α,β-unsaturated/α-hetero) is 1. The summed E-state index contributed by atoms with van der Waals surface area (Å²) >= 11 is 0. The van der Waals surface area contributed by atoms with Gasteiger partial charge in [-0.05, 0) is 36.1 Å². The molecule has 21 heavy (non-hydrogen) atoms. The lowest BCUT2D eigenvalue weighted by molar-refractivity contribution is 0.0903. The fraction of sp³-hybridized carbons (Fsp3) is 0.278. The number of ketones is 1. The highest BCUT2D eigenvalue weighted by Gasteiger charge is 2.19. The molecule has 108 valence electrons. The topological polar surface area (TPSA) is 40.5 Å². The molecule has 3 heteroatoms. The summed E-state index contributed by atoms with van der Waals surface area (Å²) in [5.41, 5.74) is 5.76. The summed E-state index contributed by atoms with van der Waals surface area (Å²) in [6.07, 6.45) is 1.09. The van der Waals surface area contributed by atoms with E-state index >= 15 is 0 Å². The maximum Gasteiger partial charge on any atom is 0.188 e. The molecule has 1 N–H and O–H groups in total. The van der Waals surface area contributed by atoms with Crippen molar-refractivity contribution < 1.29 is 9.90 Å². The molecule has 2 aromatic carbocycles. The number of aliphatic hydroxyl groups excluding tert-OH is 1. The van der Waals surface area contributed by atoms with Crippen molar-refractivity contribution in [1.82, 2.24) is 0 Å². The van der Waals surface area contributed by atoms with Crippen molar-refractivity contribution in [1.29, 1.82) is 0 Å². The first-order valence-electron chi connectivity index (χ1n) is 7.25. The lowest BCUT2D eigenvalue weighted by Crippen LogP contribution is -2.19. The predicted octanol–water partition coefficient (Wildman–Crippen LogP) is 2.73. The Hall–Kier alpha value is -2.13. The molecular formula is C18H19NO2. The number of hydrogen-bond acceptors (Lipinski definition) is 3. The van der Waals surface area contributed by atoms with Gasteiger partial charge in [-0.2, -0.15) is 0 Å². The predicted molar refractivity (Wildman–Crippen MR) is 83.8 cm³/mol. The van der Waals surface area contributed by atoms with Gasteiger partial charge in [0.15, 0.2) is 5.78 Å². The van der Waals surface area contributed by atoms with Crippen LogP contribution in [0.5, 0.6) is 0 Å². The maximum atomic E-state index is 11.4. The Morgan fingerprint density at radius 3 is 2.67 bits per heavy atom. The van der Waals surface area contributed by atoms with Gasteiger partial charge in [-0.25, -0.2) is 0 Å². The molecule has 0 saturated heterocycles. The molecule has 3 nitrogen and oxygen atoms in total. The number of carbonyl (C=O) groups is 1. The van der Waals surface area contributed by atoms with E-state index in [0.29, 0.717) is 5.56 Å². The number of rotatable bonds is 4. The number of aryl methyl sites for hydroxylation is 1. The normalized spacial score (nSPS) is 13.3. The van der Waals surface area contributed by atoms with Crippen LogP contribution >= 0.6 is 0 Å². The summed E-state index contributed by atoms with van der Waals surface area (Å²) < 4.78 is 0. The number of nitrogens with zero attached hydrogens (tertiary/aromatic N) is 1. The second kappa shape index (κ2) is 5.70. The number of aliphatic hydroxyl groups is 1. The zero-order valence-electron chi connectivity index (χ0n) is 12.2. The van der Waals surface area contributed by atoms with E-state index in [0.717, 1.165) is 19.5 Å². The lowest BCUT2D eigenvalue weighted by atomic mass is 10.1. The van der Waals surface area contributed by atoms with E-state index in [2.05, 4.69) is 30.0 Å². The van der Waals surface area contributed by atoms with Gasteiger partial charge in [-0.15, -0.1) is 0 Å². The summed E-state index contributed by atoms with van der Waals surface area (Å²) in [5, 5.41) is 8.86. The molecule has 0 unspecified atom stereocenters. The van der Waals surface area contributed by atoms with E-state index in [4.69, 9.17) is 5.11 Å². The molecule has 0 radical (unpaired) electrons. The molecule has 0 bridgehead atoms. The summed E-state index contributed by atoms with van der Waals surface area (Å²) in [6, 6.07) is 14.1. The van der Waals surface area contributed by atoms with Gasteiger partial charge >= 0.3 is 0 Å². The van der Waals surface area contributed by atoms with Crippen molar-refractivity contribution in [3.63, 3.8) is 0 Å². The van der Waals surface area contributed by atoms with Gasteiger partial charge in [-0.3, -0.25) is 4.79 Å². The highest BCUT2D eigenvalue weighted by molar-refractivity contribution is 5.96. The Labute approximate surface area is 124 Å². The molecule has 1 heterocycles. The van der Waals surface area contributed by atoms with Crippen LogP contribution in [0.3, 0.4) is 0 Å². The van der Waals surface area contributed by atoms with E-state index in [1.54, 1.807) is 12.1 Å². The number of fused-ring (bicyclic) bond motifs is 1. The first kappa shape index (κ1) is 13.8. The minimum atomic E-state index is -0.432. The van der Waals surface area contributed by atoms with Crippen molar-refractivity contribution in [3.05, 3.63) is 64.7 Å². The summed E-state index contributed by atoms with van der Waals surface area (Å²) in [6.45, 7) is 3.57. The Morgan fingerprint density at radius 2 is 1.95 bits per heavy atom. The molecule has 1 aliphatic heterocycles. The van der Waals surface area contributed by atoms with Crippen molar-refractivity contribution in [2.45, 2.75) is 19.9 Å². The molecular weight excluding hydrogens is 262 g/mol. The van der Waals surface area contributed by atoms with Crippen LogP contribution < -0.4 is 4.90 Å². The molecule has 0 aliphatic carbocycles. The van der Waals surface area contributed by atoms with Crippen LogP contribution in [-0.2, 0) is 13.0 Å². The minimum absolute atomic E-state index is 0.233. The van der Waals surface area contributed by atoms with Gasteiger partial charge in [0.05, 0.1) is 0 Å². The quantitative estimate of drug-likeness (QED) is 0.876. The first-order valence-corrected chi connectivity index (χ1v) is 7.25. The second-order valence-corrected chi connectivity index (χ2v) is 5.58. The van der Waals surface area contributed by atoms with Crippen LogP contribution in [-0.4, -0.2) is 24.0 Å². The highest BCUT2D eigenvalue weighted by Crippen LogP contribution is 2.30. The lowest BCUT2D eigenvalue weighted by Gasteiger charge is -2.20. The maximum absolute atomic E-state index is 11.4. The SMILES string of the molecule is Cc1ccc2c(c1)N(Cc1ccc(C(=O)CO)cc1)CC2. The number of benzene rings is 2. The van der Waals surface area contributed by atoms with Crippen molar-refractivity contribution in [2.24, 2.45) is 0 Å². The molecule has 0 spiro atoms. The molecule has 0 saturated carbocycles. The fourth-order valence-corrected chi connectivity index (χ4v) is 2.83. The first-order chi connectivity index (χ1) is 10.2. The summed E-state index contributed by atoms with van der Waals surface area (Å²) in [5.74, 6) is -0.233. The van der Waals surface area contributed by atoms with Crippen molar-refractivity contribution in [2.75, 3.05) is 18.1 Å². The Bertz CT molecular complexity index is 661. The summed E-state index contributed by atoms with van der Waals surface area (Å²) in [7, 11) is 0. The molecule has 3 rings (SSSR count). The smallest absolute Gasteiger partial charge is 0.188 e. The number of hydrogen-bond donors (Lipinski definition) is 1. The molecule has 0 fully saturated rings. The number of anilines is 1. The van der Waals surface area contributed by atoms with Crippen molar-refractivity contribution >= 4 is 11.5 Å². The van der Waals surface area contributed by atoms with Gasteiger partial charge in [0, 0.05) is 24.3 Å². The van der Waals surface area contributed by atoms with Crippen LogP contribution in [0, 0.1) is 6.92 Å². The van der Waals surface area contributed by atoms with E-state index in [-0.39, 0.29) is 5.78 Å². The molecule has 0 atom stereocenters. The molecule has 1 aliphatic rings. The van der Waals surface area contributed by atoms with Gasteiger partial charge in [0.25, 0.3) is 0 Å². The van der Waals surface area contributed by atoms with E-state index in [9.17, 15) is 4.79 Å². The summed E-state index contributed by atoms with van der Waals surface area (Å²) in [4.78, 5) is 13.8. The van der Waals surface area contributed by atoms with Crippen LogP contribution in [0.1, 0.15) is 27.0 Å². The van der Waals surface area contributed by atoms with Crippen LogP contribution in [0.25, 0.3) is 0 Å². The average Bonchev–Trinajstić information content (AvgIpc) is 2.89. The van der Waals surface area contributed by atoms with E-state index in [1.807, 2.05) is 12.1 Å². The van der Waals surface area contributed by atoms with E-state index < -0.39 is 6.61 Å².